The van der Waals surface area contributed by atoms with Crippen LogP contribution in [0.2, 0.25) is 77.1 Å². The summed E-state index contributed by atoms with van der Waals surface area (Å²) in [4.78, 5) is 163. The molecule has 1 unspecified atom stereocenters. The van der Waals surface area contributed by atoms with Gasteiger partial charge < -0.3 is 60.4 Å². The molecule has 10 aromatic heterocycles. The molecule has 3 aliphatic carbocycles. The number of rotatable bonds is 23. The van der Waals surface area contributed by atoms with Crippen molar-refractivity contribution >= 4 is 155 Å². The van der Waals surface area contributed by atoms with E-state index in [1.165, 1.54) is 43.7 Å². The van der Waals surface area contributed by atoms with Crippen LogP contribution in [0, 0.1) is 0 Å². The van der Waals surface area contributed by atoms with Crippen molar-refractivity contribution in [1.29, 1.82) is 0 Å². The molecule has 700 valence electrons. The number of nitrogens with one attached hydrogen (secondary N) is 1. The van der Waals surface area contributed by atoms with Gasteiger partial charge in [0.2, 0.25) is 23.6 Å². The summed E-state index contributed by atoms with van der Waals surface area (Å²) in [6.07, 6.45) is 19.4. The van der Waals surface area contributed by atoms with Gasteiger partial charge in [-0.15, -0.1) is 0 Å². The van der Waals surface area contributed by atoms with E-state index in [0.29, 0.717) is 97.8 Å². The fourth-order valence-electron chi connectivity index (χ4n) is 15.5. The number of aliphatic hydroxyl groups excluding tert-OH is 3. The zero-order valence-electron chi connectivity index (χ0n) is 75.0. The van der Waals surface area contributed by atoms with E-state index in [0.717, 1.165) is 108 Å². The minimum Gasteiger partial charge on any atom is -0.478 e. The number of carbonyl (C=O) groups is 10. The standard InChI is InChI=1S/C22H27N3O3Si.C20H24BrN3O2Si.C15H11N3O3.C13H20N2O2Si.C7H4BrNO4.C7H8BrNO2.C7H5NO4.CH4O/c1-15(26)17-10-16-11-22(12-19(16)24-13-17)18-6-5-7-23-20(18)25(21(22)27)14-28-8-9-29(2,3)4;1-27(2,3)8-7-26-13-24-18-16(5-4-6-22-18)20(19(24)25)10-14-9-15(21)12-23-17(14)11-20;19-13(20)9-4-8-5-15(6-11(8)17-7-9)10-2-1-3-16-12(10)18-14(15)21;1-18(2,3)8-7-17-10-15-12(16)9-11-5-4-6-14-13(11)15;8-3-1-4(6(10)11)5(7(12)13)9-2-3;8-6-1-5(3-10)7(4-11)9-2-6;9-6(10)4-2-1-3-8-5(4)7(11)12;1-2/h5-7,10,13H,8-9,11-12,14H2,1-4H3;4-6,9,12H,7-8,10-11,13H2,1-3H3;1-4,7H,5-6H2,(H,19,20)(H,16,18,21);4-6H,7-10H2,1-3H3;1-2H,(H,10,11)(H,12,13);1-2,10-11H,3-4H2;1-3H,(H,9,10)(H,11,12);2H,1H3/t22-;;15-;;;;;/m0.0...../s1. The van der Waals surface area contributed by atoms with Gasteiger partial charge in [-0.05, 0) is 176 Å². The van der Waals surface area contributed by atoms with Crippen molar-refractivity contribution in [3.63, 3.8) is 0 Å². The summed E-state index contributed by atoms with van der Waals surface area (Å²) in [5, 5.41) is 70.6. The highest BCUT2D eigenvalue weighted by atomic mass is 79.9. The van der Waals surface area contributed by atoms with E-state index in [-0.39, 0.29) is 72.8 Å². The molecule has 17 rings (SSSR count). The molecule has 3 atom stereocenters. The Bertz CT molecular complexity index is 6020. The fraction of sp³-hybridized carbons (Fsp3) is 0.348. The lowest BCUT2D eigenvalue weighted by atomic mass is 9.79. The SMILES string of the molecule is CC(=O)c1cnc2c(c1)C[C@@]1(C2)C(=O)N(COCC[Si](C)(C)C)c2ncccc21.CO.C[Si](C)(C)CCOCN1C(=O)C2(Cc3cc(Br)cnc3C2)c2cccnc21.C[Si](C)(C)CCOCN1C(=O)Cc2cccnc21.O=C(O)c1cc(Br)cnc1C(=O)O.O=C(O)c1cccnc1C(=O)O.O=C(O)c1cnc2c(c1)C[C@@]1(C2)C(=O)Nc2ncccc21.OCc1cc(Br)cnc1CO. The van der Waals surface area contributed by atoms with Crippen molar-refractivity contribution in [2.75, 3.05) is 67.1 Å². The zero-order chi connectivity index (χ0) is 97.2. The second-order valence-corrected chi connectivity index (χ2v) is 55.0. The van der Waals surface area contributed by atoms with Gasteiger partial charge in [0, 0.05) is 196 Å². The predicted molar refractivity (Wildman–Crippen MR) is 509 cm³/mol. The molecule has 9 N–H and O–H groups in total. The van der Waals surface area contributed by atoms with Crippen molar-refractivity contribution in [3.8, 4) is 0 Å². The number of nitrogens with zero attached hydrogens (tertiary/aromatic N) is 13. The number of carboxylic acid groups (broad SMARTS) is 5. The number of aromatic nitrogens is 10. The summed E-state index contributed by atoms with van der Waals surface area (Å²) in [6.45, 7) is 25.0. The number of aliphatic hydroxyl groups is 3. The Hall–Kier alpha value is -11.7. The largest absolute Gasteiger partial charge is 0.478 e. The van der Waals surface area contributed by atoms with Crippen LogP contribution in [0.15, 0.2) is 166 Å². The number of anilines is 4. The summed E-state index contributed by atoms with van der Waals surface area (Å²) in [6, 6.07) is 29.6. The van der Waals surface area contributed by atoms with E-state index >= 15 is 0 Å². The topological polar surface area (TPSA) is 511 Å². The maximum Gasteiger partial charge on any atom is 0.355 e. The van der Waals surface area contributed by atoms with Crippen LogP contribution in [-0.4, -0.2) is 221 Å². The average Bonchev–Trinajstić information content (AvgIpc) is 1.55. The second-order valence-electron chi connectivity index (χ2n) is 35.4. The second kappa shape index (κ2) is 44.9. The zero-order valence-corrected chi connectivity index (χ0v) is 82.8. The first-order valence-electron chi connectivity index (χ1n) is 42.0. The number of Topliss-reactive ketones (excluding diaryl/α,β-unsaturated/α-hetero) is 1. The molecule has 41 heteroatoms. The number of aromatic carboxylic acids is 5. The highest BCUT2D eigenvalue weighted by Crippen LogP contribution is 2.51. The number of pyridine rings is 10. The molecule has 0 saturated carbocycles. The average molecular weight is 2060 g/mol. The third-order valence-electron chi connectivity index (χ3n) is 22.4. The van der Waals surface area contributed by atoms with E-state index in [2.05, 4.69) is 168 Å². The lowest BCUT2D eigenvalue weighted by Crippen LogP contribution is -2.42. The number of fused-ring (bicyclic) bond motifs is 10. The Morgan fingerprint density at radius 1 is 0.421 bits per heavy atom. The molecule has 3 spiro atoms. The molecule has 0 fully saturated rings. The monoisotopic (exact) mass is 2060 g/mol. The molecule has 0 aromatic carbocycles. The summed E-state index contributed by atoms with van der Waals surface area (Å²) in [5.41, 5.74) is 7.78. The van der Waals surface area contributed by atoms with E-state index in [4.69, 9.17) is 55.1 Å². The number of ketones is 1. The lowest BCUT2D eigenvalue weighted by Gasteiger charge is -2.23. The van der Waals surface area contributed by atoms with Gasteiger partial charge in [-0.1, -0.05) is 83.2 Å². The Labute approximate surface area is 794 Å². The van der Waals surface area contributed by atoms with Crippen LogP contribution in [0.1, 0.15) is 137 Å². The van der Waals surface area contributed by atoms with Crippen LogP contribution in [0.5, 0.6) is 0 Å². The molecule has 133 heavy (non-hydrogen) atoms. The first-order chi connectivity index (χ1) is 63.0. The summed E-state index contributed by atoms with van der Waals surface area (Å²) < 4.78 is 19.6. The van der Waals surface area contributed by atoms with E-state index in [9.17, 15) is 47.9 Å². The summed E-state index contributed by atoms with van der Waals surface area (Å²) in [5.74, 6) is -3.47. The summed E-state index contributed by atoms with van der Waals surface area (Å²) >= 11 is 9.70. The smallest absolute Gasteiger partial charge is 0.355 e. The van der Waals surface area contributed by atoms with Gasteiger partial charge in [0.1, 0.15) is 43.5 Å². The number of hydrogen-bond donors (Lipinski definition) is 9. The predicted octanol–water partition coefficient (Wildman–Crippen LogP) is 12.9. The number of ether oxygens (including phenoxy) is 3. The van der Waals surface area contributed by atoms with Gasteiger partial charge in [-0.25, -0.2) is 53.9 Å². The Morgan fingerprint density at radius 2 is 0.835 bits per heavy atom. The van der Waals surface area contributed by atoms with Crippen LogP contribution < -0.4 is 20.0 Å². The molecule has 14 heterocycles. The van der Waals surface area contributed by atoms with E-state index in [1.807, 2.05) is 48.5 Å². The number of amides is 4. The first-order valence-corrected chi connectivity index (χ1v) is 55.5. The molecule has 0 saturated heterocycles. The number of carboxylic acids is 5. The van der Waals surface area contributed by atoms with Crippen molar-refractivity contribution in [2.45, 2.75) is 158 Å². The molecule has 7 aliphatic rings. The first kappa shape index (κ1) is 103. The van der Waals surface area contributed by atoms with Crippen LogP contribution >= 0.6 is 47.8 Å². The maximum atomic E-state index is 13.6. The van der Waals surface area contributed by atoms with Crippen molar-refractivity contribution in [2.24, 2.45) is 0 Å². The van der Waals surface area contributed by atoms with Gasteiger partial charge in [0.15, 0.2) is 17.2 Å². The van der Waals surface area contributed by atoms with Gasteiger partial charge in [0.05, 0.1) is 58.3 Å². The Balaban J connectivity index is 0.000000165. The van der Waals surface area contributed by atoms with Crippen molar-refractivity contribution in [1.82, 2.24) is 49.8 Å². The number of hydrogen-bond acceptors (Lipinski definition) is 26. The Morgan fingerprint density at radius 3 is 1.32 bits per heavy atom. The lowest BCUT2D eigenvalue weighted by molar-refractivity contribution is -0.124. The maximum absolute atomic E-state index is 13.6. The van der Waals surface area contributed by atoms with Crippen LogP contribution in [0.25, 0.3) is 0 Å². The molecular weight excluding hydrogens is 1960 g/mol. The quantitative estimate of drug-likeness (QED) is 0.0163. The van der Waals surface area contributed by atoms with E-state index in [1.54, 1.807) is 76.3 Å². The van der Waals surface area contributed by atoms with Gasteiger partial charge in [-0.2, -0.15) is 0 Å². The molecule has 35 nitrogen and oxygen atoms in total. The van der Waals surface area contributed by atoms with Gasteiger partial charge in [0.25, 0.3) is 0 Å². The normalized spacial score (nSPS) is 16.9. The highest BCUT2D eigenvalue weighted by Gasteiger charge is 2.57. The fourth-order valence-corrected chi connectivity index (χ4v) is 18.9. The molecule has 0 bridgehead atoms. The molecule has 4 aliphatic heterocycles. The van der Waals surface area contributed by atoms with Crippen molar-refractivity contribution < 1.29 is 103 Å². The van der Waals surface area contributed by atoms with Crippen LogP contribution in [0.4, 0.5) is 23.3 Å². The Kier molecular flexibility index (Phi) is 34.9. The molecule has 4 amide bonds. The van der Waals surface area contributed by atoms with E-state index < -0.39 is 81.7 Å². The van der Waals surface area contributed by atoms with Crippen LogP contribution in [0.3, 0.4) is 0 Å². The minimum absolute atomic E-state index is 0.0153. The third kappa shape index (κ3) is 25.2. The molecule has 10 aromatic rings. The van der Waals surface area contributed by atoms with Gasteiger partial charge in [-0.3, -0.25) is 58.6 Å². The minimum atomic E-state index is -1.36. The molecular formula is C92H103Br3N14O21Si3. The van der Waals surface area contributed by atoms with Crippen molar-refractivity contribution in [3.05, 3.63) is 267 Å². The highest BCUT2D eigenvalue weighted by molar-refractivity contribution is 9.11. The van der Waals surface area contributed by atoms with Gasteiger partial charge >= 0.3 is 29.8 Å². The molecule has 0 radical (unpaired) electrons. The third-order valence-corrected chi connectivity index (χ3v) is 28.8. The van der Waals surface area contributed by atoms with Crippen LogP contribution in [-0.2, 0) is 108 Å². The summed E-state index contributed by atoms with van der Waals surface area (Å²) in [7, 11) is -2.42. The number of carbonyl (C=O) groups excluding carboxylic acids is 5. The number of halogens is 3.